The summed E-state index contributed by atoms with van der Waals surface area (Å²) < 4.78 is 39.1. The number of hydrogen-bond donors (Lipinski definition) is 1. The molecule has 6 heteroatoms. The second-order valence-corrected chi connectivity index (χ2v) is 7.06. The first kappa shape index (κ1) is 14.4. The molecule has 1 aliphatic rings. The Morgan fingerprint density at radius 2 is 2.05 bits per heavy atom. The number of sulfonamides is 1. The zero-order valence-corrected chi connectivity index (χ0v) is 11.9. The van der Waals surface area contributed by atoms with E-state index in [4.69, 9.17) is 0 Å². The van der Waals surface area contributed by atoms with Gasteiger partial charge in [-0.05, 0) is 31.0 Å². The van der Waals surface area contributed by atoms with Crippen molar-refractivity contribution in [1.82, 2.24) is 4.31 Å². The van der Waals surface area contributed by atoms with Gasteiger partial charge < -0.3 is 5.11 Å². The second kappa shape index (κ2) is 4.85. The van der Waals surface area contributed by atoms with E-state index in [0.29, 0.717) is 12.0 Å². The van der Waals surface area contributed by atoms with Gasteiger partial charge in [0.25, 0.3) is 0 Å². The van der Waals surface area contributed by atoms with Gasteiger partial charge in [-0.1, -0.05) is 19.4 Å². The van der Waals surface area contributed by atoms with Crippen LogP contribution in [0.5, 0.6) is 0 Å². The van der Waals surface area contributed by atoms with Gasteiger partial charge in [-0.3, -0.25) is 0 Å². The van der Waals surface area contributed by atoms with Gasteiger partial charge in [0.15, 0.2) is 0 Å². The molecule has 0 atom stereocenters. The third-order valence-electron chi connectivity index (χ3n) is 3.42. The number of hydrogen-bond acceptors (Lipinski definition) is 3. The molecule has 0 unspecified atom stereocenters. The molecule has 1 aromatic carbocycles. The summed E-state index contributed by atoms with van der Waals surface area (Å²) in [5, 5.41) is 10.0. The summed E-state index contributed by atoms with van der Waals surface area (Å²) in [6.45, 7) is 3.73. The topological polar surface area (TPSA) is 57.6 Å². The van der Waals surface area contributed by atoms with Crippen molar-refractivity contribution in [3.63, 3.8) is 0 Å². The van der Waals surface area contributed by atoms with Crippen LogP contribution in [0.1, 0.15) is 25.3 Å². The lowest BCUT2D eigenvalue weighted by molar-refractivity contribution is -0.0653. The smallest absolute Gasteiger partial charge is 0.243 e. The molecule has 0 amide bonds. The van der Waals surface area contributed by atoms with Crippen LogP contribution in [0.15, 0.2) is 23.1 Å². The van der Waals surface area contributed by atoms with Crippen molar-refractivity contribution in [3.8, 4) is 0 Å². The van der Waals surface area contributed by atoms with Crippen LogP contribution in [0, 0.1) is 12.7 Å². The standard InChI is InChI=1S/C13H18FNO3S/c1-3-6-13(16)8-15(9-13)19(17,18)12-7-11(14)5-4-10(12)2/h4-5,7,16H,3,6,8-9H2,1-2H3. The average Bonchev–Trinajstić information content (AvgIpc) is 2.29. The molecule has 1 saturated heterocycles. The number of halogens is 1. The van der Waals surface area contributed by atoms with E-state index in [1.807, 2.05) is 6.92 Å². The van der Waals surface area contributed by atoms with Crippen molar-refractivity contribution in [2.45, 2.75) is 37.2 Å². The van der Waals surface area contributed by atoms with Crippen LogP contribution in [0.2, 0.25) is 0 Å². The molecule has 2 rings (SSSR count). The molecular formula is C13H18FNO3S. The molecular weight excluding hydrogens is 269 g/mol. The quantitative estimate of drug-likeness (QED) is 0.916. The van der Waals surface area contributed by atoms with Gasteiger partial charge >= 0.3 is 0 Å². The monoisotopic (exact) mass is 287 g/mol. The van der Waals surface area contributed by atoms with Crippen LogP contribution in [0.25, 0.3) is 0 Å². The third-order valence-corrected chi connectivity index (χ3v) is 5.36. The lowest BCUT2D eigenvalue weighted by atomic mass is 9.92. The van der Waals surface area contributed by atoms with Gasteiger partial charge in [0, 0.05) is 13.1 Å². The van der Waals surface area contributed by atoms with E-state index in [0.717, 1.165) is 12.5 Å². The van der Waals surface area contributed by atoms with Gasteiger partial charge in [-0.2, -0.15) is 4.31 Å². The zero-order chi connectivity index (χ0) is 14.3. The van der Waals surface area contributed by atoms with E-state index >= 15 is 0 Å². The maximum atomic E-state index is 13.2. The van der Waals surface area contributed by atoms with Gasteiger partial charge in [0.1, 0.15) is 5.82 Å². The van der Waals surface area contributed by atoms with E-state index in [1.54, 1.807) is 6.92 Å². The molecule has 0 spiro atoms. The molecule has 1 aliphatic heterocycles. The first-order valence-corrected chi connectivity index (χ1v) is 7.71. The first-order valence-electron chi connectivity index (χ1n) is 6.27. The molecule has 1 heterocycles. The Hall–Kier alpha value is -0.980. The van der Waals surface area contributed by atoms with E-state index in [9.17, 15) is 17.9 Å². The van der Waals surface area contributed by atoms with Gasteiger partial charge in [-0.25, -0.2) is 12.8 Å². The van der Waals surface area contributed by atoms with E-state index in [-0.39, 0.29) is 18.0 Å². The number of aliphatic hydroxyl groups is 1. The molecule has 1 aromatic rings. The molecule has 4 nitrogen and oxygen atoms in total. The number of benzene rings is 1. The Bertz CT molecular complexity index is 580. The predicted molar refractivity (Wildman–Crippen MR) is 69.8 cm³/mol. The summed E-state index contributed by atoms with van der Waals surface area (Å²) in [6.07, 6.45) is 1.37. The van der Waals surface area contributed by atoms with Crippen LogP contribution in [0.4, 0.5) is 4.39 Å². The van der Waals surface area contributed by atoms with Crippen LogP contribution in [0.3, 0.4) is 0 Å². The summed E-state index contributed by atoms with van der Waals surface area (Å²) in [5.41, 5.74) is -0.421. The van der Waals surface area contributed by atoms with Crippen LogP contribution < -0.4 is 0 Å². The summed E-state index contributed by atoms with van der Waals surface area (Å²) in [4.78, 5) is -0.0222. The molecule has 0 radical (unpaired) electrons. The summed E-state index contributed by atoms with van der Waals surface area (Å²) in [7, 11) is -3.71. The average molecular weight is 287 g/mol. The van der Waals surface area contributed by atoms with Gasteiger partial charge in [-0.15, -0.1) is 0 Å². The fourth-order valence-corrected chi connectivity index (χ4v) is 4.23. The van der Waals surface area contributed by atoms with Crippen LogP contribution in [-0.2, 0) is 10.0 Å². The van der Waals surface area contributed by atoms with Crippen molar-refractivity contribution < 1.29 is 17.9 Å². The third kappa shape index (κ3) is 2.66. The molecule has 0 saturated carbocycles. The Morgan fingerprint density at radius 3 is 2.63 bits per heavy atom. The summed E-state index contributed by atoms with van der Waals surface area (Å²) >= 11 is 0. The molecule has 106 valence electrons. The maximum absolute atomic E-state index is 13.2. The lowest BCUT2D eigenvalue weighted by Crippen LogP contribution is -2.63. The minimum Gasteiger partial charge on any atom is -0.387 e. The SMILES string of the molecule is CCCC1(O)CN(S(=O)(=O)c2cc(F)ccc2C)C1. The molecule has 1 N–H and O–H groups in total. The normalized spacial score (nSPS) is 19.2. The molecule has 19 heavy (non-hydrogen) atoms. The highest BCUT2D eigenvalue weighted by Gasteiger charge is 2.46. The number of rotatable bonds is 4. The highest BCUT2D eigenvalue weighted by atomic mass is 32.2. The number of nitrogens with zero attached hydrogens (tertiary/aromatic N) is 1. The highest BCUT2D eigenvalue weighted by Crippen LogP contribution is 2.32. The Labute approximate surface area is 112 Å². The Morgan fingerprint density at radius 1 is 1.42 bits per heavy atom. The van der Waals surface area contributed by atoms with Crippen molar-refractivity contribution in [3.05, 3.63) is 29.6 Å². The first-order chi connectivity index (χ1) is 8.78. The molecule has 0 aromatic heterocycles. The van der Waals surface area contributed by atoms with Gasteiger partial charge in [0.05, 0.1) is 10.5 Å². The van der Waals surface area contributed by atoms with E-state index in [2.05, 4.69) is 0 Å². The maximum Gasteiger partial charge on any atom is 0.243 e. The Balaban J connectivity index is 2.24. The fourth-order valence-electron chi connectivity index (χ4n) is 2.39. The number of aryl methyl sites for hydroxylation is 1. The van der Waals surface area contributed by atoms with Crippen molar-refractivity contribution in [2.75, 3.05) is 13.1 Å². The minimum absolute atomic E-state index is 0.0222. The highest BCUT2D eigenvalue weighted by molar-refractivity contribution is 7.89. The largest absolute Gasteiger partial charge is 0.387 e. The van der Waals surface area contributed by atoms with E-state index < -0.39 is 21.4 Å². The minimum atomic E-state index is -3.71. The summed E-state index contributed by atoms with van der Waals surface area (Å²) in [6, 6.07) is 3.71. The van der Waals surface area contributed by atoms with Crippen LogP contribution >= 0.6 is 0 Å². The second-order valence-electron chi connectivity index (χ2n) is 5.16. The zero-order valence-electron chi connectivity index (χ0n) is 11.1. The number of β-amino-alcohol motifs (C(OH)–C–C–N with tert-alkyl or cyclic N) is 1. The van der Waals surface area contributed by atoms with Crippen molar-refractivity contribution >= 4 is 10.0 Å². The van der Waals surface area contributed by atoms with E-state index in [1.165, 1.54) is 16.4 Å². The molecule has 0 bridgehead atoms. The fraction of sp³-hybridized carbons (Fsp3) is 0.538. The van der Waals surface area contributed by atoms with Crippen molar-refractivity contribution in [2.24, 2.45) is 0 Å². The van der Waals surface area contributed by atoms with Crippen molar-refractivity contribution in [1.29, 1.82) is 0 Å². The predicted octanol–water partition coefficient (Wildman–Crippen LogP) is 1.67. The lowest BCUT2D eigenvalue weighted by Gasteiger charge is -2.45. The Kier molecular flexibility index (Phi) is 3.68. The molecule has 1 fully saturated rings. The van der Waals surface area contributed by atoms with Gasteiger partial charge in [0.2, 0.25) is 10.0 Å². The summed E-state index contributed by atoms with van der Waals surface area (Å²) in [5.74, 6) is -0.575. The molecule has 0 aliphatic carbocycles. The van der Waals surface area contributed by atoms with Crippen LogP contribution in [-0.4, -0.2) is 36.5 Å².